The first-order chi connectivity index (χ1) is 22.1. The van der Waals surface area contributed by atoms with Crippen LogP contribution in [0, 0.1) is 0 Å². The predicted molar refractivity (Wildman–Crippen MR) is 195 cm³/mol. The largest absolute Gasteiger partial charge is 0.309 e. The van der Waals surface area contributed by atoms with Crippen LogP contribution in [-0.2, 0) is 16.2 Å². The molecule has 0 fully saturated rings. The summed E-state index contributed by atoms with van der Waals surface area (Å²) in [6.07, 6.45) is 0. The molecule has 0 saturated heterocycles. The van der Waals surface area contributed by atoms with Crippen LogP contribution in [0.1, 0.15) is 63.8 Å². The molecule has 0 radical (unpaired) electrons. The van der Waals surface area contributed by atoms with Crippen LogP contribution in [0.4, 0.5) is 0 Å². The molecule has 1 aromatic heterocycles. The van der Waals surface area contributed by atoms with Crippen LogP contribution in [0.3, 0.4) is 0 Å². The third-order valence-electron chi connectivity index (χ3n) is 12.0. The molecule has 1 nitrogen and oxygen atoms in total. The van der Waals surface area contributed by atoms with Crippen LogP contribution < -0.4 is 0 Å². The Hall–Kier alpha value is -4.88. The van der Waals surface area contributed by atoms with Crippen molar-refractivity contribution in [3.63, 3.8) is 0 Å². The summed E-state index contributed by atoms with van der Waals surface area (Å²) in [6.45, 7) is 14.5. The molecule has 0 N–H and O–H groups in total. The van der Waals surface area contributed by atoms with Gasteiger partial charge in [0.2, 0.25) is 0 Å². The first kappa shape index (κ1) is 27.4. The third kappa shape index (κ3) is 3.46. The first-order valence-electron chi connectivity index (χ1n) is 16.6. The van der Waals surface area contributed by atoms with Gasteiger partial charge in [-0.3, -0.25) is 0 Å². The number of aromatic nitrogens is 1. The van der Waals surface area contributed by atoms with Gasteiger partial charge < -0.3 is 4.57 Å². The van der Waals surface area contributed by atoms with Crippen LogP contribution in [-0.4, -0.2) is 4.57 Å². The average molecular weight is 594 g/mol. The van der Waals surface area contributed by atoms with E-state index in [2.05, 4.69) is 174 Å². The Morgan fingerprint density at radius 3 is 1.61 bits per heavy atom. The number of nitrogens with zero attached hydrogens (tertiary/aromatic N) is 1. The fourth-order valence-electron chi connectivity index (χ4n) is 8.64. The Balaban J connectivity index is 1.15. The molecule has 0 amide bonds. The lowest BCUT2D eigenvalue weighted by molar-refractivity contribution is 0.298. The quantitative estimate of drug-likeness (QED) is 0.188. The van der Waals surface area contributed by atoms with Gasteiger partial charge in [0.05, 0.1) is 11.0 Å². The smallest absolute Gasteiger partial charge is 0.0541 e. The van der Waals surface area contributed by atoms with Gasteiger partial charge in [-0.15, -0.1) is 0 Å². The van der Waals surface area contributed by atoms with E-state index in [9.17, 15) is 0 Å². The second-order valence-corrected chi connectivity index (χ2v) is 15.0. The van der Waals surface area contributed by atoms with Crippen LogP contribution in [0.25, 0.3) is 60.9 Å². The predicted octanol–water partition coefficient (Wildman–Crippen LogP) is 12.0. The van der Waals surface area contributed by atoms with Gasteiger partial charge in [-0.05, 0) is 103 Å². The molecule has 0 unspecified atom stereocenters. The van der Waals surface area contributed by atoms with E-state index in [-0.39, 0.29) is 16.2 Å². The van der Waals surface area contributed by atoms with Crippen molar-refractivity contribution in [3.05, 3.63) is 150 Å². The van der Waals surface area contributed by atoms with E-state index in [1.165, 1.54) is 83.1 Å². The summed E-state index contributed by atoms with van der Waals surface area (Å²) in [5.41, 5.74) is 17.4. The van der Waals surface area contributed by atoms with Gasteiger partial charge in [0.25, 0.3) is 0 Å². The highest BCUT2D eigenvalue weighted by Gasteiger charge is 2.47. The van der Waals surface area contributed by atoms with E-state index < -0.39 is 0 Å². The molecule has 2 aliphatic carbocycles. The average Bonchev–Trinajstić information content (AvgIpc) is 3.52. The Morgan fingerprint density at radius 1 is 0.391 bits per heavy atom. The molecule has 1 heteroatoms. The summed E-state index contributed by atoms with van der Waals surface area (Å²) in [7, 11) is 0. The standard InChI is InChI=1S/C45H39N/c1-43(2)38-25-29(28-19-22-30(23-20-28)46-41-17-11-8-14-33(41)34-15-9-12-18-42(34)46)21-24-32(38)35-26-36-31-13-7-10-16-37(31)44(3,4)45(5,6)40(36)27-39(35)43/h7-27H,1-6H3. The molecule has 2 aliphatic rings. The zero-order valence-electron chi connectivity index (χ0n) is 27.6. The lowest BCUT2D eigenvalue weighted by Gasteiger charge is -2.48. The minimum absolute atomic E-state index is 0.000152. The van der Waals surface area contributed by atoms with Gasteiger partial charge in [-0.1, -0.05) is 133 Å². The van der Waals surface area contributed by atoms with Gasteiger partial charge in [-0.25, -0.2) is 0 Å². The summed E-state index contributed by atoms with van der Waals surface area (Å²) in [5, 5.41) is 2.58. The zero-order chi connectivity index (χ0) is 31.6. The number of benzene rings is 6. The number of rotatable bonds is 2. The molecular weight excluding hydrogens is 555 g/mol. The molecule has 0 aliphatic heterocycles. The number of fused-ring (bicyclic) bond motifs is 9. The fourth-order valence-corrected chi connectivity index (χ4v) is 8.64. The maximum atomic E-state index is 2.56. The highest BCUT2D eigenvalue weighted by Crippen LogP contribution is 2.58. The third-order valence-corrected chi connectivity index (χ3v) is 12.0. The van der Waals surface area contributed by atoms with Crippen LogP contribution in [0.15, 0.2) is 127 Å². The van der Waals surface area contributed by atoms with E-state index in [0.717, 1.165) is 0 Å². The highest BCUT2D eigenvalue weighted by molar-refractivity contribution is 6.09. The van der Waals surface area contributed by atoms with Crippen molar-refractivity contribution in [1.82, 2.24) is 4.57 Å². The molecule has 0 bridgehead atoms. The number of hydrogen-bond acceptors (Lipinski definition) is 0. The van der Waals surface area contributed by atoms with Crippen molar-refractivity contribution in [2.75, 3.05) is 0 Å². The van der Waals surface area contributed by atoms with Crippen molar-refractivity contribution >= 4 is 21.8 Å². The van der Waals surface area contributed by atoms with Gasteiger partial charge in [0.1, 0.15) is 0 Å². The normalized spacial score (nSPS) is 16.6. The summed E-state index contributed by atoms with van der Waals surface area (Å²) in [6, 6.07) is 47.8. The molecule has 9 rings (SSSR count). The maximum Gasteiger partial charge on any atom is 0.0541 e. The van der Waals surface area contributed by atoms with Gasteiger partial charge in [0.15, 0.2) is 0 Å². The second kappa shape index (κ2) is 9.10. The summed E-state index contributed by atoms with van der Waals surface area (Å²) in [4.78, 5) is 0. The molecule has 0 saturated carbocycles. The second-order valence-electron chi connectivity index (χ2n) is 15.0. The molecule has 1 heterocycles. The lowest BCUT2D eigenvalue weighted by Crippen LogP contribution is -2.43. The van der Waals surface area contributed by atoms with Gasteiger partial charge in [0, 0.05) is 21.9 Å². The topological polar surface area (TPSA) is 4.93 Å². The van der Waals surface area contributed by atoms with Crippen molar-refractivity contribution in [2.45, 2.75) is 57.8 Å². The monoisotopic (exact) mass is 593 g/mol. The molecular formula is C45H39N. The van der Waals surface area contributed by atoms with Gasteiger partial charge >= 0.3 is 0 Å². The van der Waals surface area contributed by atoms with E-state index in [1.807, 2.05) is 0 Å². The van der Waals surface area contributed by atoms with Crippen LogP contribution >= 0.6 is 0 Å². The SMILES string of the molecule is CC1(C)c2cc(-c3ccc(-n4c5ccccc5c5ccccc54)cc3)ccc2-c2cc3c(cc21)C(C)(C)C(C)(C)c1ccccc1-3. The first-order valence-corrected chi connectivity index (χ1v) is 16.6. The highest BCUT2D eigenvalue weighted by atomic mass is 15.0. The molecule has 46 heavy (non-hydrogen) atoms. The van der Waals surface area contributed by atoms with E-state index >= 15 is 0 Å². The van der Waals surface area contributed by atoms with E-state index in [1.54, 1.807) is 0 Å². The Kier molecular flexibility index (Phi) is 5.43. The molecule has 6 aromatic carbocycles. The fraction of sp³-hybridized carbons (Fsp3) is 0.200. The van der Waals surface area contributed by atoms with Crippen LogP contribution in [0.5, 0.6) is 0 Å². The number of hydrogen-bond donors (Lipinski definition) is 0. The maximum absolute atomic E-state index is 2.56. The Labute approximate surface area is 272 Å². The Morgan fingerprint density at radius 2 is 0.913 bits per heavy atom. The van der Waals surface area contributed by atoms with Crippen molar-refractivity contribution in [2.24, 2.45) is 0 Å². The molecule has 0 spiro atoms. The van der Waals surface area contributed by atoms with Crippen molar-refractivity contribution < 1.29 is 0 Å². The summed E-state index contributed by atoms with van der Waals surface area (Å²) < 4.78 is 2.39. The van der Waals surface area contributed by atoms with Crippen LogP contribution in [0.2, 0.25) is 0 Å². The van der Waals surface area contributed by atoms with Crippen molar-refractivity contribution in [1.29, 1.82) is 0 Å². The Bertz CT molecular complexity index is 2320. The van der Waals surface area contributed by atoms with E-state index in [0.29, 0.717) is 0 Å². The zero-order valence-corrected chi connectivity index (χ0v) is 27.6. The minimum atomic E-state index is -0.0875. The van der Waals surface area contributed by atoms with Gasteiger partial charge in [-0.2, -0.15) is 0 Å². The summed E-state index contributed by atoms with van der Waals surface area (Å²) in [5.74, 6) is 0. The number of para-hydroxylation sites is 2. The summed E-state index contributed by atoms with van der Waals surface area (Å²) >= 11 is 0. The lowest BCUT2D eigenvalue weighted by atomic mass is 9.55. The van der Waals surface area contributed by atoms with E-state index in [4.69, 9.17) is 0 Å². The molecule has 7 aromatic rings. The molecule has 0 atom stereocenters. The van der Waals surface area contributed by atoms with Crippen molar-refractivity contribution in [3.8, 4) is 39.1 Å². The minimum Gasteiger partial charge on any atom is -0.309 e. The molecule has 224 valence electrons.